The van der Waals surface area contributed by atoms with Crippen LogP contribution in [0.2, 0.25) is 0 Å². The Balaban J connectivity index is 1.84. The van der Waals surface area contributed by atoms with Crippen LogP contribution in [0.15, 0.2) is 22.8 Å². The zero-order valence-corrected chi connectivity index (χ0v) is 11.8. The molecule has 2 rings (SSSR count). The van der Waals surface area contributed by atoms with Crippen molar-refractivity contribution in [1.29, 1.82) is 0 Å². The molecule has 1 aromatic rings. The largest absolute Gasteiger partial charge is 0.467 e. The zero-order valence-electron chi connectivity index (χ0n) is 11.8. The highest BCUT2D eigenvalue weighted by Crippen LogP contribution is 2.37. The predicted octanol–water partition coefficient (Wildman–Crippen LogP) is 3.54. The third kappa shape index (κ3) is 4.41. The number of nitrogens with zero attached hydrogens (tertiary/aromatic N) is 1. The molecule has 0 aliphatic heterocycles. The van der Waals surface area contributed by atoms with E-state index in [-0.39, 0.29) is 25.4 Å². The van der Waals surface area contributed by atoms with Gasteiger partial charge in [0, 0.05) is 13.1 Å². The second-order valence-corrected chi connectivity index (χ2v) is 5.49. The molecule has 2 atom stereocenters. The molecule has 1 fully saturated rings. The van der Waals surface area contributed by atoms with Gasteiger partial charge in [0.15, 0.2) is 0 Å². The summed E-state index contributed by atoms with van der Waals surface area (Å²) >= 11 is 0. The van der Waals surface area contributed by atoms with E-state index in [9.17, 15) is 18.0 Å². The van der Waals surface area contributed by atoms with Gasteiger partial charge in [-0.15, -0.1) is 0 Å². The fourth-order valence-electron chi connectivity index (χ4n) is 2.61. The maximum atomic E-state index is 12.7. The van der Waals surface area contributed by atoms with E-state index >= 15 is 0 Å². The Labute approximate surface area is 121 Å². The topological polar surface area (TPSA) is 45.5 Å². The fraction of sp³-hybridized carbons (Fsp3) is 0.643. The summed E-state index contributed by atoms with van der Waals surface area (Å²) in [7, 11) is 1.59. The monoisotopic (exact) mass is 304 g/mol. The lowest BCUT2D eigenvalue weighted by atomic mass is 9.85. The van der Waals surface area contributed by atoms with Gasteiger partial charge in [0.05, 0.1) is 18.7 Å². The summed E-state index contributed by atoms with van der Waals surface area (Å²) in [6, 6.07) is 2.66. The number of carbonyl (C=O) groups is 1. The third-order valence-corrected chi connectivity index (χ3v) is 3.78. The van der Waals surface area contributed by atoms with Gasteiger partial charge in [-0.25, -0.2) is 4.79 Å². The van der Waals surface area contributed by atoms with Crippen LogP contribution >= 0.6 is 0 Å². The van der Waals surface area contributed by atoms with E-state index in [1.54, 1.807) is 19.2 Å². The van der Waals surface area contributed by atoms with Crippen molar-refractivity contribution in [2.75, 3.05) is 7.05 Å². The van der Waals surface area contributed by atoms with E-state index in [2.05, 4.69) is 5.32 Å². The summed E-state index contributed by atoms with van der Waals surface area (Å²) in [5.74, 6) is -0.684. The number of alkyl halides is 3. The van der Waals surface area contributed by atoms with Crippen molar-refractivity contribution in [3.05, 3.63) is 24.2 Å². The summed E-state index contributed by atoms with van der Waals surface area (Å²) in [6.07, 6.45) is -1.48. The van der Waals surface area contributed by atoms with Crippen molar-refractivity contribution in [2.24, 2.45) is 5.92 Å². The van der Waals surface area contributed by atoms with Gasteiger partial charge < -0.3 is 14.6 Å². The van der Waals surface area contributed by atoms with Crippen LogP contribution in [0.25, 0.3) is 0 Å². The molecule has 2 unspecified atom stereocenters. The van der Waals surface area contributed by atoms with Crippen molar-refractivity contribution < 1.29 is 22.4 Å². The van der Waals surface area contributed by atoms with Crippen molar-refractivity contribution in [3.63, 3.8) is 0 Å². The highest BCUT2D eigenvalue weighted by Gasteiger charge is 2.42. The average molecular weight is 304 g/mol. The van der Waals surface area contributed by atoms with Crippen LogP contribution in [0.1, 0.15) is 31.4 Å². The van der Waals surface area contributed by atoms with Crippen molar-refractivity contribution >= 4 is 6.03 Å². The zero-order chi connectivity index (χ0) is 15.5. The highest BCUT2D eigenvalue weighted by molar-refractivity contribution is 5.74. The quantitative estimate of drug-likeness (QED) is 0.928. The third-order valence-electron chi connectivity index (χ3n) is 3.78. The maximum absolute atomic E-state index is 12.7. The van der Waals surface area contributed by atoms with E-state index in [4.69, 9.17) is 4.42 Å². The number of amides is 2. The minimum atomic E-state index is -4.18. The molecule has 7 heteroatoms. The average Bonchev–Trinajstić information content (AvgIpc) is 2.91. The Morgan fingerprint density at radius 3 is 2.86 bits per heavy atom. The minimum Gasteiger partial charge on any atom is -0.467 e. The van der Waals surface area contributed by atoms with Gasteiger partial charge in [-0.2, -0.15) is 13.2 Å². The van der Waals surface area contributed by atoms with Crippen LogP contribution in [0, 0.1) is 5.92 Å². The molecule has 1 saturated carbocycles. The summed E-state index contributed by atoms with van der Waals surface area (Å²) in [5, 5.41) is 2.68. The van der Waals surface area contributed by atoms with Crippen LogP contribution in [0.5, 0.6) is 0 Å². The van der Waals surface area contributed by atoms with Gasteiger partial charge in [-0.1, -0.05) is 6.42 Å². The van der Waals surface area contributed by atoms with E-state index in [0.717, 1.165) is 0 Å². The number of furan rings is 1. The van der Waals surface area contributed by atoms with Gasteiger partial charge >= 0.3 is 12.2 Å². The van der Waals surface area contributed by atoms with Gasteiger partial charge in [0.2, 0.25) is 0 Å². The normalized spacial score (nSPS) is 22.9. The van der Waals surface area contributed by atoms with Gasteiger partial charge in [-0.3, -0.25) is 0 Å². The van der Waals surface area contributed by atoms with Crippen LogP contribution in [-0.4, -0.2) is 30.2 Å². The number of rotatable bonds is 3. The molecule has 2 amide bonds. The molecule has 1 heterocycles. The van der Waals surface area contributed by atoms with E-state index in [1.807, 2.05) is 0 Å². The molecule has 1 aliphatic rings. The van der Waals surface area contributed by atoms with Crippen molar-refractivity contribution in [1.82, 2.24) is 10.2 Å². The fourth-order valence-corrected chi connectivity index (χ4v) is 2.61. The smallest absolute Gasteiger partial charge is 0.391 e. The number of halogens is 3. The molecule has 0 saturated heterocycles. The summed E-state index contributed by atoms with van der Waals surface area (Å²) in [4.78, 5) is 13.4. The maximum Gasteiger partial charge on any atom is 0.391 e. The number of urea groups is 1. The first-order valence-corrected chi connectivity index (χ1v) is 6.97. The van der Waals surface area contributed by atoms with E-state index < -0.39 is 18.1 Å². The number of hydrogen-bond acceptors (Lipinski definition) is 2. The summed E-state index contributed by atoms with van der Waals surface area (Å²) < 4.78 is 43.3. The molecule has 0 bridgehead atoms. The minimum absolute atomic E-state index is 0.0379. The lowest BCUT2D eigenvalue weighted by Gasteiger charge is -2.32. The number of hydrogen-bond donors (Lipinski definition) is 1. The second kappa shape index (κ2) is 6.41. The molecule has 21 heavy (non-hydrogen) atoms. The van der Waals surface area contributed by atoms with Crippen LogP contribution in [-0.2, 0) is 6.54 Å². The lowest BCUT2D eigenvalue weighted by Crippen LogP contribution is -2.46. The Morgan fingerprint density at radius 2 is 2.24 bits per heavy atom. The Morgan fingerprint density at radius 1 is 1.48 bits per heavy atom. The predicted molar refractivity (Wildman–Crippen MR) is 70.5 cm³/mol. The summed E-state index contributed by atoms with van der Waals surface area (Å²) in [5.41, 5.74) is 0. The molecule has 0 spiro atoms. The lowest BCUT2D eigenvalue weighted by molar-refractivity contribution is -0.183. The van der Waals surface area contributed by atoms with Gasteiger partial charge in [-0.05, 0) is 31.4 Å². The standard InChI is InChI=1S/C14H19F3N2O2/c1-19(9-12-6-3-7-21-12)13(20)18-11-5-2-4-10(8-11)14(15,16)17/h3,6-7,10-11H,2,4-5,8-9H2,1H3,(H,18,20). The molecule has 1 aliphatic carbocycles. The molecular weight excluding hydrogens is 285 g/mol. The first-order valence-electron chi connectivity index (χ1n) is 6.97. The molecule has 118 valence electrons. The Kier molecular flexibility index (Phi) is 4.80. The Hall–Kier alpha value is -1.66. The van der Waals surface area contributed by atoms with Crippen LogP contribution in [0.3, 0.4) is 0 Å². The van der Waals surface area contributed by atoms with Gasteiger partial charge in [0.1, 0.15) is 5.76 Å². The van der Waals surface area contributed by atoms with Gasteiger partial charge in [0.25, 0.3) is 0 Å². The van der Waals surface area contributed by atoms with E-state index in [1.165, 1.54) is 11.2 Å². The first-order chi connectivity index (χ1) is 9.86. The van der Waals surface area contributed by atoms with E-state index in [0.29, 0.717) is 18.6 Å². The molecule has 1 N–H and O–H groups in total. The van der Waals surface area contributed by atoms with Crippen molar-refractivity contribution in [2.45, 2.75) is 44.4 Å². The Bertz CT molecular complexity index is 459. The molecule has 0 radical (unpaired) electrons. The second-order valence-electron chi connectivity index (χ2n) is 5.49. The van der Waals surface area contributed by atoms with Crippen molar-refractivity contribution in [3.8, 4) is 0 Å². The molecule has 1 aromatic heterocycles. The molecule has 4 nitrogen and oxygen atoms in total. The highest BCUT2D eigenvalue weighted by atomic mass is 19.4. The number of nitrogens with one attached hydrogen (secondary N) is 1. The first kappa shape index (κ1) is 15.7. The molecular formula is C14H19F3N2O2. The van der Waals surface area contributed by atoms with Crippen LogP contribution < -0.4 is 5.32 Å². The number of carbonyl (C=O) groups excluding carboxylic acids is 1. The SMILES string of the molecule is CN(Cc1ccco1)C(=O)NC1CCCC(C(F)(F)F)C1. The summed E-state index contributed by atoms with van der Waals surface area (Å²) in [6.45, 7) is 0.286. The molecule has 0 aromatic carbocycles. The van der Waals surface area contributed by atoms with Crippen LogP contribution in [0.4, 0.5) is 18.0 Å².